The summed E-state index contributed by atoms with van der Waals surface area (Å²) in [7, 11) is 1.87. The zero-order valence-corrected chi connectivity index (χ0v) is 13.7. The molecule has 1 aliphatic carbocycles. The lowest BCUT2D eigenvalue weighted by molar-refractivity contribution is 0.0782. The van der Waals surface area contributed by atoms with E-state index in [2.05, 4.69) is 21.9 Å². The summed E-state index contributed by atoms with van der Waals surface area (Å²) in [5.74, 6) is 0.969. The first-order valence-electron chi connectivity index (χ1n) is 7.88. The van der Waals surface area contributed by atoms with Crippen molar-refractivity contribution in [2.75, 3.05) is 33.1 Å². The van der Waals surface area contributed by atoms with Crippen molar-refractivity contribution in [2.45, 2.75) is 55.7 Å². The smallest absolute Gasteiger partial charge is 0.191 e. The lowest BCUT2D eigenvalue weighted by Crippen LogP contribution is -2.50. The largest absolute Gasteiger partial charge is 0.381 e. The van der Waals surface area contributed by atoms with E-state index in [1.54, 1.807) is 0 Å². The van der Waals surface area contributed by atoms with Crippen molar-refractivity contribution >= 4 is 17.7 Å². The molecule has 0 aromatic heterocycles. The van der Waals surface area contributed by atoms with Gasteiger partial charge in [-0.05, 0) is 31.9 Å². The highest BCUT2D eigenvalue weighted by molar-refractivity contribution is 8.00. The van der Waals surface area contributed by atoms with Gasteiger partial charge in [-0.25, -0.2) is 0 Å². The molecular formula is C15H29N3OS. The second-order valence-corrected chi connectivity index (χ2v) is 7.18. The highest BCUT2D eigenvalue weighted by Gasteiger charge is 2.32. The molecule has 5 heteroatoms. The van der Waals surface area contributed by atoms with E-state index in [9.17, 15) is 0 Å². The molecule has 0 atom stereocenters. The molecule has 0 amide bonds. The van der Waals surface area contributed by atoms with Crippen LogP contribution in [0.4, 0.5) is 0 Å². The minimum Gasteiger partial charge on any atom is -0.381 e. The summed E-state index contributed by atoms with van der Waals surface area (Å²) in [6.07, 6.45) is 11.1. The third kappa shape index (κ3) is 4.55. The zero-order valence-electron chi connectivity index (χ0n) is 12.9. The van der Waals surface area contributed by atoms with Gasteiger partial charge in [-0.3, -0.25) is 4.99 Å². The zero-order chi connectivity index (χ0) is 14.3. The van der Waals surface area contributed by atoms with Crippen molar-refractivity contribution in [3.8, 4) is 0 Å². The lowest BCUT2D eigenvalue weighted by Gasteiger charge is -2.36. The van der Waals surface area contributed by atoms with E-state index in [4.69, 9.17) is 4.74 Å². The Morgan fingerprint density at radius 1 is 1.25 bits per heavy atom. The maximum Gasteiger partial charge on any atom is 0.191 e. The Hall–Kier alpha value is -0.420. The quantitative estimate of drug-likeness (QED) is 0.618. The number of nitrogens with one attached hydrogen (secondary N) is 2. The molecule has 0 spiro atoms. The molecule has 1 heterocycles. The lowest BCUT2D eigenvalue weighted by atomic mass is 9.95. The van der Waals surface area contributed by atoms with Crippen LogP contribution < -0.4 is 10.6 Å². The predicted molar refractivity (Wildman–Crippen MR) is 87.7 cm³/mol. The number of hydrogen-bond acceptors (Lipinski definition) is 3. The Morgan fingerprint density at radius 2 is 1.95 bits per heavy atom. The van der Waals surface area contributed by atoms with E-state index >= 15 is 0 Å². The molecule has 2 rings (SSSR count). The molecule has 4 nitrogen and oxygen atoms in total. The van der Waals surface area contributed by atoms with Crippen LogP contribution in [0.15, 0.2) is 4.99 Å². The van der Waals surface area contributed by atoms with Gasteiger partial charge >= 0.3 is 0 Å². The van der Waals surface area contributed by atoms with Gasteiger partial charge in [0.2, 0.25) is 0 Å². The molecule has 116 valence electrons. The van der Waals surface area contributed by atoms with Crippen LogP contribution in [0.5, 0.6) is 0 Å². The van der Waals surface area contributed by atoms with Gasteiger partial charge in [-0.2, -0.15) is 11.8 Å². The maximum absolute atomic E-state index is 5.49. The van der Waals surface area contributed by atoms with Crippen LogP contribution in [0, 0.1) is 0 Å². The van der Waals surface area contributed by atoms with E-state index in [0.29, 0.717) is 10.8 Å². The molecular weight excluding hydrogens is 270 g/mol. The molecule has 0 aromatic rings. The Balaban J connectivity index is 1.80. The molecule has 0 unspecified atom stereocenters. The molecule has 0 radical (unpaired) electrons. The van der Waals surface area contributed by atoms with E-state index in [-0.39, 0.29) is 0 Å². The third-order valence-corrected chi connectivity index (χ3v) is 6.00. The third-order valence-electron chi connectivity index (χ3n) is 4.58. The fourth-order valence-corrected chi connectivity index (χ4v) is 3.87. The highest BCUT2D eigenvalue weighted by Crippen LogP contribution is 2.32. The van der Waals surface area contributed by atoms with Crippen LogP contribution in [0.2, 0.25) is 0 Å². The summed E-state index contributed by atoms with van der Waals surface area (Å²) in [5.41, 5.74) is 0. The Kier molecular flexibility index (Phi) is 6.49. The van der Waals surface area contributed by atoms with Crippen molar-refractivity contribution in [2.24, 2.45) is 4.99 Å². The number of thioether (sulfide) groups is 1. The Labute approximate surface area is 127 Å². The molecule has 0 bridgehead atoms. The van der Waals surface area contributed by atoms with Crippen molar-refractivity contribution in [3.05, 3.63) is 0 Å². The summed E-state index contributed by atoms with van der Waals surface area (Å²) in [6, 6.07) is 0.606. The van der Waals surface area contributed by atoms with Crippen molar-refractivity contribution in [1.29, 1.82) is 0 Å². The molecule has 2 aliphatic rings. The highest BCUT2D eigenvalue weighted by atomic mass is 32.2. The van der Waals surface area contributed by atoms with Crippen LogP contribution >= 0.6 is 11.8 Å². The number of aliphatic imine (C=N–C) groups is 1. The molecule has 0 aromatic carbocycles. The first-order chi connectivity index (χ1) is 9.78. The normalized spacial score (nSPS) is 24.4. The summed E-state index contributed by atoms with van der Waals surface area (Å²) in [6.45, 7) is 2.75. The minimum atomic E-state index is 0.308. The van der Waals surface area contributed by atoms with Gasteiger partial charge in [0.05, 0.1) is 0 Å². The van der Waals surface area contributed by atoms with E-state index in [1.165, 1.54) is 32.1 Å². The predicted octanol–water partition coefficient (Wildman–Crippen LogP) is 2.40. The summed E-state index contributed by atoms with van der Waals surface area (Å²) in [5, 5.41) is 7.13. The number of ether oxygens (including phenoxy) is 1. The summed E-state index contributed by atoms with van der Waals surface area (Å²) >= 11 is 1.97. The van der Waals surface area contributed by atoms with Gasteiger partial charge < -0.3 is 15.4 Å². The number of guanidine groups is 1. The van der Waals surface area contributed by atoms with Crippen LogP contribution in [0.25, 0.3) is 0 Å². The van der Waals surface area contributed by atoms with Gasteiger partial charge in [0.1, 0.15) is 0 Å². The molecule has 1 aliphatic heterocycles. The maximum atomic E-state index is 5.49. The Morgan fingerprint density at radius 3 is 2.55 bits per heavy atom. The van der Waals surface area contributed by atoms with Crippen LogP contribution in [-0.4, -0.2) is 49.8 Å². The molecule has 2 N–H and O–H groups in total. The Bertz CT molecular complexity index is 310. The monoisotopic (exact) mass is 299 g/mol. The van der Waals surface area contributed by atoms with Crippen molar-refractivity contribution in [3.63, 3.8) is 0 Å². The minimum absolute atomic E-state index is 0.308. The van der Waals surface area contributed by atoms with Crippen LogP contribution in [-0.2, 0) is 4.74 Å². The van der Waals surface area contributed by atoms with Gasteiger partial charge in [-0.15, -0.1) is 0 Å². The second-order valence-electron chi connectivity index (χ2n) is 5.90. The second kappa shape index (κ2) is 8.13. The molecule has 1 saturated carbocycles. The fraction of sp³-hybridized carbons (Fsp3) is 0.933. The number of rotatable bonds is 4. The van der Waals surface area contributed by atoms with Crippen molar-refractivity contribution < 1.29 is 4.74 Å². The number of nitrogens with zero attached hydrogens (tertiary/aromatic N) is 1. The van der Waals surface area contributed by atoms with Gasteiger partial charge in [-0.1, -0.05) is 19.3 Å². The van der Waals surface area contributed by atoms with Crippen LogP contribution in [0.1, 0.15) is 44.9 Å². The van der Waals surface area contributed by atoms with Gasteiger partial charge in [0, 0.05) is 37.6 Å². The first kappa shape index (κ1) is 16.0. The average Bonchev–Trinajstić information content (AvgIpc) is 2.53. The van der Waals surface area contributed by atoms with Gasteiger partial charge in [0.25, 0.3) is 0 Å². The summed E-state index contributed by atoms with van der Waals surface area (Å²) < 4.78 is 5.80. The molecule has 2 fully saturated rings. The van der Waals surface area contributed by atoms with Crippen LogP contribution in [0.3, 0.4) is 0 Å². The summed E-state index contributed by atoms with van der Waals surface area (Å²) in [4.78, 5) is 4.39. The topological polar surface area (TPSA) is 45.7 Å². The molecule has 1 saturated heterocycles. The average molecular weight is 299 g/mol. The first-order valence-corrected chi connectivity index (χ1v) is 9.10. The van der Waals surface area contributed by atoms with E-state index < -0.39 is 0 Å². The van der Waals surface area contributed by atoms with Gasteiger partial charge in [0.15, 0.2) is 5.96 Å². The standard InChI is InChI=1S/C15H29N3OS/c1-16-14(18-13-6-4-3-5-7-13)17-12-15(20-2)8-10-19-11-9-15/h13H,3-12H2,1-2H3,(H2,16,17,18). The fourth-order valence-electron chi connectivity index (χ4n) is 3.08. The number of hydrogen-bond donors (Lipinski definition) is 2. The van der Waals surface area contributed by atoms with E-state index in [0.717, 1.165) is 38.6 Å². The van der Waals surface area contributed by atoms with Crippen molar-refractivity contribution in [1.82, 2.24) is 10.6 Å². The van der Waals surface area contributed by atoms with E-state index in [1.807, 2.05) is 18.8 Å². The molecule has 20 heavy (non-hydrogen) atoms. The SMILES string of the molecule is CN=C(NCC1(SC)CCOCC1)NC1CCCCC1.